The summed E-state index contributed by atoms with van der Waals surface area (Å²) in [6.45, 7) is 3.94. The number of unbranched alkanes of at least 4 members (excludes halogenated alkanes) is 1. The van der Waals surface area contributed by atoms with Gasteiger partial charge in [0.1, 0.15) is 12.0 Å². The second-order valence-electron chi connectivity index (χ2n) is 11.2. The van der Waals surface area contributed by atoms with E-state index >= 15 is 4.39 Å². The van der Waals surface area contributed by atoms with Crippen molar-refractivity contribution >= 4 is 6.03 Å². The van der Waals surface area contributed by atoms with Crippen LogP contribution in [0.4, 0.5) is 13.6 Å². The fourth-order valence-electron chi connectivity index (χ4n) is 6.20. The van der Waals surface area contributed by atoms with Crippen LogP contribution < -0.4 is 10.6 Å². The summed E-state index contributed by atoms with van der Waals surface area (Å²) >= 11 is 0. The normalized spacial score (nSPS) is 24.9. The molecule has 2 amide bonds. The van der Waals surface area contributed by atoms with Crippen molar-refractivity contribution in [2.24, 2.45) is 11.8 Å². The van der Waals surface area contributed by atoms with Gasteiger partial charge in [-0.3, -0.25) is 0 Å². The quantitative estimate of drug-likeness (QED) is 0.335. The predicted octanol–water partition coefficient (Wildman–Crippen LogP) is 5.07. The number of carbonyl (C=O) groups excluding carboxylic acids is 1. The molecule has 1 aliphatic heterocycles. The molecule has 2 aliphatic rings. The molecule has 1 heterocycles. The first-order chi connectivity index (χ1) is 17.8. The van der Waals surface area contributed by atoms with E-state index in [9.17, 15) is 14.3 Å². The number of urea groups is 1. The minimum atomic E-state index is -1.36. The van der Waals surface area contributed by atoms with Crippen molar-refractivity contribution in [1.29, 1.82) is 0 Å². The lowest BCUT2D eigenvalue weighted by Crippen LogP contribution is -2.54. The van der Waals surface area contributed by atoms with Crippen molar-refractivity contribution in [3.63, 3.8) is 0 Å². The molecule has 3 rings (SSSR count). The van der Waals surface area contributed by atoms with E-state index in [1.807, 2.05) is 7.05 Å². The van der Waals surface area contributed by atoms with Gasteiger partial charge in [-0.1, -0.05) is 18.2 Å². The van der Waals surface area contributed by atoms with Crippen LogP contribution in [0.15, 0.2) is 18.2 Å². The summed E-state index contributed by atoms with van der Waals surface area (Å²) in [7, 11) is 3.52. The Bertz CT molecular complexity index is 850. The summed E-state index contributed by atoms with van der Waals surface area (Å²) < 4.78 is 34.0. The number of benzene rings is 1. The Labute approximate surface area is 221 Å². The SMILES string of the molecule is CNCC(CC1CCC(F)CC1)NC(=O)N1CCC[C@@H]([C@@](O)(CCCCOC)c2cccc(C)c2F)C1. The summed E-state index contributed by atoms with van der Waals surface area (Å²) in [5, 5.41) is 18.4. The minimum absolute atomic E-state index is 0.0406. The topological polar surface area (TPSA) is 73.8 Å². The molecular formula is C29H47F2N3O3. The molecule has 3 atom stereocenters. The lowest BCUT2D eigenvalue weighted by molar-refractivity contribution is -0.0588. The number of ether oxygens (including phenoxy) is 1. The molecule has 1 unspecified atom stereocenters. The smallest absolute Gasteiger partial charge is 0.317 e. The molecule has 0 spiro atoms. The average Bonchev–Trinajstić information content (AvgIpc) is 2.89. The first-order valence-electron chi connectivity index (χ1n) is 14.1. The van der Waals surface area contributed by atoms with Gasteiger partial charge in [-0.25, -0.2) is 13.6 Å². The van der Waals surface area contributed by atoms with E-state index in [4.69, 9.17) is 4.74 Å². The molecule has 1 saturated carbocycles. The fraction of sp³-hybridized carbons (Fsp3) is 0.759. The van der Waals surface area contributed by atoms with Crippen LogP contribution in [0.2, 0.25) is 0 Å². The van der Waals surface area contributed by atoms with Gasteiger partial charge in [0.15, 0.2) is 0 Å². The zero-order valence-corrected chi connectivity index (χ0v) is 22.9. The van der Waals surface area contributed by atoms with Crippen LogP contribution in [0.1, 0.15) is 75.3 Å². The Morgan fingerprint density at radius 1 is 1.24 bits per heavy atom. The average molecular weight is 524 g/mol. The monoisotopic (exact) mass is 523 g/mol. The van der Waals surface area contributed by atoms with E-state index < -0.39 is 11.8 Å². The van der Waals surface area contributed by atoms with Crippen molar-refractivity contribution in [3.05, 3.63) is 35.1 Å². The molecule has 210 valence electrons. The number of hydrogen-bond donors (Lipinski definition) is 3. The lowest BCUT2D eigenvalue weighted by Gasteiger charge is -2.43. The Balaban J connectivity index is 1.70. The number of alkyl halides is 1. The van der Waals surface area contributed by atoms with E-state index in [-0.39, 0.29) is 23.8 Å². The third-order valence-corrected chi connectivity index (χ3v) is 8.37. The van der Waals surface area contributed by atoms with Gasteiger partial charge in [-0.05, 0) is 89.7 Å². The fourth-order valence-corrected chi connectivity index (χ4v) is 6.20. The highest BCUT2D eigenvalue weighted by molar-refractivity contribution is 5.74. The van der Waals surface area contributed by atoms with Crippen molar-refractivity contribution in [3.8, 4) is 0 Å². The Kier molecular flexibility index (Phi) is 11.6. The first-order valence-corrected chi connectivity index (χ1v) is 14.1. The van der Waals surface area contributed by atoms with Gasteiger partial charge in [0.25, 0.3) is 0 Å². The number of nitrogens with one attached hydrogen (secondary N) is 2. The highest BCUT2D eigenvalue weighted by Crippen LogP contribution is 2.41. The maximum absolute atomic E-state index is 15.3. The molecule has 3 N–H and O–H groups in total. The maximum atomic E-state index is 15.3. The van der Waals surface area contributed by atoms with E-state index in [2.05, 4.69) is 10.6 Å². The predicted molar refractivity (Wildman–Crippen MR) is 143 cm³/mol. The number of nitrogens with zero attached hydrogens (tertiary/aromatic N) is 1. The van der Waals surface area contributed by atoms with Gasteiger partial charge in [-0.15, -0.1) is 0 Å². The zero-order chi connectivity index (χ0) is 26.8. The summed E-state index contributed by atoms with van der Waals surface area (Å²) in [4.78, 5) is 15.1. The highest BCUT2D eigenvalue weighted by atomic mass is 19.1. The number of rotatable bonds is 12. The molecule has 1 aromatic rings. The summed E-state index contributed by atoms with van der Waals surface area (Å²) in [6.07, 6.45) is 6.45. The van der Waals surface area contributed by atoms with Gasteiger partial charge in [0.05, 0.1) is 5.60 Å². The zero-order valence-electron chi connectivity index (χ0n) is 22.9. The molecule has 1 saturated heterocycles. The van der Waals surface area contributed by atoms with Crippen molar-refractivity contribution in [2.75, 3.05) is 40.4 Å². The minimum Gasteiger partial charge on any atom is -0.385 e. The number of carbonyl (C=O) groups is 1. The van der Waals surface area contributed by atoms with Gasteiger partial charge in [0, 0.05) is 50.9 Å². The number of piperidine rings is 1. The van der Waals surface area contributed by atoms with E-state index in [0.29, 0.717) is 69.0 Å². The number of methoxy groups -OCH3 is 1. The largest absolute Gasteiger partial charge is 0.385 e. The summed E-state index contributed by atoms with van der Waals surface area (Å²) in [5.41, 5.74) is -0.526. The van der Waals surface area contributed by atoms with Crippen molar-refractivity contribution < 1.29 is 23.4 Å². The number of aryl methyl sites for hydroxylation is 1. The Morgan fingerprint density at radius 3 is 2.70 bits per heavy atom. The molecule has 0 radical (unpaired) electrons. The number of aliphatic hydroxyl groups is 1. The second-order valence-corrected chi connectivity index (χ2v) is 11.2. The van der Waals surface area contributed by atoms with Crippen molar-refractivity contribution in [1.82, 2.24) is 15.5 Å². The third-order valence-electron chi connectivity index (χ3n) is 8.37. The summed E-state index contributed by atoms with van der Waals surface area (Å²) in [5.74, 6) is -0.218. The Morgan fingerprint density at radius 2 is 2.00 bits per heavy atom. The molecular weight excluding hydrogens is 476 g/mol. The third kappa shape index (κ3) is 8.11. The molecule has 1 aromatic carbocycles. The lowest BCUT2D eigenvalue weighted by atomic mass is 9.73. The van der Waals surface area contributed by atoms with Gasteiger partial charge < -0.3 is 25.4 Å². The van der Waals surface area contributed by atoms with Gasteiger partial charge in [0.2, 0.25) is 0 Å². The molecule has 1 aliphatic carbocycles. The molecule has 37 heavy (non-hydrogen) atoms. The van der Waals surface area contributed by atoms with Crippen LogP contribution in [0.5, 0.6) is 0 Å². The van der Waals surface area contributed by atoms with E-state index in [1.165, 1.54) is 0 Å². The molecule has 6 nitrogen and oxygen atoms in total. The van der Waals surface area contributed by atoms with Crippen LogP contribution in [-0.2, 0) is 10.3 Å². The second kappa shape index (κ2) is 14.4. The maximum Gasteiger partial charge on any atom is 0.317 e. The van der Waals surface area contributed by atoms with Crippen LogP contribution in [-0.4, -0.2) is 68.6 Å². The first kappa shape index (κ1) is 29.8. The number of hydrogen-bond acceptors (Lipinski definition) is 4. The van der Waals surface area contributed by atoms with Crippen LogP contribution in [0.25, 0.3) is 0 Å². The van der Waals surface area contributed by atoms with Crippen LogP contribution >= 0.6 is 0 Å². The molecule has 0 bridgehead atoms. The van der Waals surface area contributed by atoms with Crippen LogP contribution in [0.3, 0.4) is 0 Å². The van der Waals surface area contributed by atoms with Crippen LogP contribution in [0, 0.1) is 24.6 Å². The number of likely N-dealkylation sites (N-methyl/N-ethyl adjacent to an activating group) is 1. The number of likely N-dealkylation sites (tertiary alicyclic amines) is 1. The van der Waals surface area contributed by atoms with E-state index in [1.54, 1.807) is 37.1 Å². The van der Waals surface area contributed by atoms with Crippen molar-refractivity contribution in [2.45, 2.75) is 88.9 Å². The summed E-state index contributed by atoms with van der Waals surface area (Å²) in [6, 6.07) is 5.01. The number of halogens is 2. The number of amides is 2. The molecule has 8 heteroatoms. The van der Waals surface area contributed by atoms with E-state index in [0.717, 1.165) is 38.5 Å². The van der Waals surface area contributed by atoms with Gasteiger partial charge >= 0.3 is 6.03 Å². The standard InChI is InChI=1S/C29H47F2N3O3/c1-21-8-6-10-26(27(21)31)29(36,15-4-5-17-37-3)23-9-7-16-34(20-23)28(35)33-25(19-32-2)18-22-11-13-24(30)14-12-22/h6,8,10,22-25,32,36H,4-5,7,9,11-20H2,1-3H3,(H,33,35)/t22?,23-,24?,25?,29+/m1/s1. The molecule has 2 fully saturated rings. The molecule has 0 aromatic heterocycles. The Hall–Kier alpha value is -1.77. The highest BCUT2D eigenvalue weighted by Gasteiger charge is 2.43. The van der Waals surface area contributed by atoms with Gasteiger partial charge in [-0.2, -0.15) is 0 Å².